The molecule has 0 atom stereocenters. The lowest BCUT2D eigenvalue weighted by molar-refractivity contribution is 0.209. The second kappa shape index (κ2) is 10.7. The number of piperazine rings is 1. The van der Waals surface area contributed by atoms with Crippen LogP contribution in [0.4, 0.5) is 5.82 Å². The summed E-state index contributed by atoms with van der Waals surface area (Å²) in [6.45, 7) is 11.8. The SMILES string of the molecule is CC(C)(C)c1ccc(S(=O)(=O)CC2CCC(CCN3CCN(c4nsc5ccccc45)CC3)CC2)s1. The van der Waals surface area contributed by atoms with Gasteiger partial charge in [-0.15, -0.1) is 11.3 Å². The molecule has 5 rings (SSSR count). The van der Waals surface area contributed by atoms with Crippen molar-refractivity contribution in [2.45, 2.75) is 62.5 Å². The van der Waals surface area contributed by atoms with Gasteiger partial charge in [-0.2, -0.15) is 4.37 Å². The van der Waals surface area contributed by atoms with E-state index in [0.717, 1.165) is 62.2 Å². The molecule has 1 saturated heterocycles. The third-order valence-corrected chi connectivity index (χ3v) is 12.7. The molecule has 0 spiro atoms. The summed E-state index contributed by atoms with van der Waals surface area (Å²) >= 11 is 3.06. The standard InChI is InChI=1S/C28H39N3O2S3/c1-28(2,3)25-12-13-26(34-25)36(32,33)20-22-10-8-21(9-11-22)14-15-30-16-18-31(19-17-30)27-23-6-4-5-7-24(23)35-29-27/h4-7,12-13,21-22H,8-11,14-20H2,1-3H3. The van der Waals surface area contributed by atoms with Gasteiger partial charge < -0.3 is 4.90 Å². The summed E-state index contributed by atoms with van der Waals surface area (Å²) in [5.41, 5.74) is -0.00168. The van der Waals surface area contributed by atoms with Crippen LogP contribution in [0.25, 0.3) is 10.1 Å². The lowest BCUT2D eigenvalue weighted by atomic mass is 9.81. The van der Waals surface area contributed by atoms with Gasteiger partial charge in [0.25, 0.3) is 0 Å². The second-order valence-electron chi connectivity index (χ2n) is 11.7. The van der Waals surface area contributed by atoms with Crippen LogP contribution in [0.3, 0.4) is 0 Å². The van der Waals surface area contributed by atoms with Crippen LogP contribution in [0.2, 0.25) is 0 Å². The molecule has 0 N–H and O–H groups in total. The first kappa shape index (κ1) is 26.1. The van der Waals surface area contributed by atoms with Crippen molar-refractivity contribution in [2.24, 2.45) is 11.8 Å². The number of hydrogen-bond donors (Lipinski definition) is 0. The molecule has 0 radical (unpaired) electrons. The third-order valence-electron chi connectivity index (χ3n) is 7.93. The quantitative estimate of drug-likeness (QED) is 0.342. The maximum atomic E-state index is 13.0. The molecule has 2 fully saturated rings. The van der Waals surface area contributed by atoms with Crippen molar-refractivity contribution in [1.82, 2.24) is 9.27 Å². The van der Waals surface area contributed by atoms with Gasteiger partial charge in [0, 0.05) is 36.4 Å². The van der Waals surface area contributed by atoms with Gasteiger partial charge in [0.05, 0.1) is 10.5 Å². The van der Waals surface area contributed by atoms with Crippen LogP contribution in [0.5, 0.6) is 0 Å². The smallest absolute Gasteiger partial charge is 0.188 e. The van der Waals surface area contributed by atoms with Crippen LogP contribution in [-0.4, -0.2) is 56.2 Å². The summed E-state index contributed by atoms with van der Waals surface area (Å²) in [5.74, 6) is 2.51. The van der Waals surface area contributed by atoms with Gasteiger partial charge in [-0.3, -0.25) is 4.90 Å². The van der Waals surface area contributed by atoms with Crippen LogP contribution in [0, 0.1) is 11.8 Å². The van der Waals surface area contributed by atoms with Gasteiger partial charge in [0.1, 0.15) is 10.0 Å². The van der Waals surface area contributed by atoms with Gasteiger partial charge in [-0.05, 0) is 78.9 Å². The number of fused-ring (bicyclic) bond motifs is 1. The van der Waals surface area contributed by atoms with E-state index >= 15 is 0 Å². The summed E-state index contributed by atoms with van der Waals surface area (Å²) in [7, 11) is -3.18. The van der Waals surface area contributed by atoms with Crippen LogP contribution in [0.1, 0.15) is 57.8 Å². The summed E-state index contributed by atoms with van der Waals surface area (Å²) in [4.78, 5) is 6.19. The molecule has 3 aromatic rings. The fourth-order valence-corrected chi connectivity index (χ4v) is 9.58. The van der Waals surface area contributed by atoms with Crippen molar-refractivity contribution < 1.29 is 8.42 Å². The lowest BCUT2D eigenvalue weighted by Gasteiger charge is -2.36. The first-order chi connectivity index (χ1) is 17.2. The van der Waals surface area contributed by atoms with Gasteiger partial charge in [-0.25, -0.2) is 8.42 Å². The Morgan fingerprint density at radius 2 is 1.64 bits per heavy atom. The normalized spacial score (nSPS) is 22.4. The topological polar surface area (TPSA) is 53.5 Å². The molecule has 0 unspecified atom stereocenters. The Morgan fingerprint density at radius 3 is 2.33 bits per heavy atom. The van der Waals surface area contributed by atoms with E-state index in [-0.39, 0.29) is 5.41 Å². The number of benzene rings is 1. The first-order valence-electron chi connectivity index (χ1n) is 13.3. The number of nitrogens with zero attached hydrogens (tertiary/aromatic N) is 3. The Hall–Kier alpha value is -1.48. The molecule has 3 heterocycles. The molecule has 2 aliphatic rings. The van der Waals surface area contributed by atoms with E-state index in [1.165, 1.54) is 40.7 Å². The average Bonchev–Trinajstić information content (AvgIpc) is 3.52. The summed E-state index contributed by atoms with van der Waals surface area (Å²) < 4.78 is 32.6. The predicted octanol–water partition coefficient (Wildman–Crippen LogP) is 6.45. The molecule has 1 aliphatic heterocycles. The summed E-state index contributed by atoms with van der Waals surface area (Å²) in [5, 5.41) is 1.28. The van der Waals surface area contributed by atoms with Crippen LogP contribution in [0.15, 0.2) is 40.6 Å². The zero-order valence-electron chi connectivity index (χ0n) is 21.8. The largest absolute Gasteiger partial charge is 0.353 e. The molecule has 196 valence electrons. The molecule has 0 bridgehead atoms. The Balaban J connectivity index is 1.05. The van der Waals surface area contributed by atoms with Crippen LogP contribution in [-0.2, 0) is 15.3 Å². The van der Waals surface area contributed by atoms with Crippen molar-refractivity contribution in [1.29, 1.82) is 0 Å². The highest BCUT2D eigenvalue weighted by Gasteiger charge is 2.29. The number of anilines is 1. The highest BCUT2D eigenvalue weighted by atomic mass is 32.2. The van der Waals surface area contributed by atoms with E-state index in [1.807, 2.05) is 12.1 Å². The zero-order valence-corrected chi connectivity index (χ0v) is 24.2. The van der Waals surface area contributed by atoms with E-state index in [1.54, 1.807) is 11.5 Å². The Kier molecular flexibility index (Phi) is 7.78. The molecule has 0 amide bonds. The highest BCUT2D eigenvalue weighted by Crippen LogP contribution is 2.36. The average molecular weight is 546 g/mol. The van der Waals surface area contributed by atoms with Crippen LogP contribution >= 0.6 is 22.9 Å². The molecule has 2 aromatic heterocycles. The zero-order chi connectivity index (χ0) is 25.3. The summed E-state index contributed by atoms with van der Waals surface area (Å²) in [6, 6.07) is 12.3. The second-order valence-corrected chi connectivity index (χ2v) is 15.8. The van der Waals surface area contributed by atoms with Gasteiger partial charge in [0.15, 0.2) is 9.84 Å². The van der Waals surface area contributed by atoms with Gasteiger partial charge in [0.2, 0.25) is 0 Å². The van der Waals surface area contributed by atoms with E-state index in [2.05, 4.69) is 54.8 Å². The number of aromatic nitrogens is 1. The molecule has 1 aromatic carbocycles. The van der Waals surface area contributed by atoms with Crippen molar-refractivity contribution in [3.63, 3.8) is 0 Å². The Bertz CT molecular complexity index is 1260. The highest BCUT2D eigenvalue weighted by molar-refractivity contribution is 7.93. The maximum Gasteiger partial charge on any atom is 0.188 e. The number of rotatable bonds is 7. The molecule has 5 nitrogen and oxygen atoms in total. The molecule has 1 aliphatic carbocycles. The van der Waals surface area contributed by atoms with Crippen molar-refractivity contribution >= 4 is 48.6 Å². The van der Waals surface area contributed by atoms with E-state index < -0.39 is 9.84 Å². The predicted molar refractivity (Wildman–Crippen MR) is 153 cm³/mol. The number of sulfone groups is 1. The van der Waals surface area contributed by atoms with Crippen molar-refractivity contribution in [3.05, 3.63) is 41.3 Å². The first-order valence-corrected chi connectivity index (χ1v) is 16.6. The maximum absolute atomic E-state index is 13.0. The Labute approximate surface area is 224 Å². The van der Waals surface area contributed by atoms with E-state index in [4.69, 9.17) is 4.37 Å². The third kappa shape index (κ3) is 5.98. The van der Waals surface area contributed by atoms with Gasteiger partial charge in [-0.1, -0.05) is 45.7 Å². The molecular formula is C28H39N3O2S3. The number of hydrogen-bond acceptors (Lipinski definition) is 7. The van der Waals surface area contributed by atoms with E-state index in [0.29, 0.717) is 15.9 Å². The molecular weight excluding hydrogens is 507 g/mol. The lowest BCUT2D eigenvalue weighted by Crippen LogP contribution is -2.47. The van der Waals surface area contributed by atoms with Gasteiger partial charge >= 0.3 is 0 Å². The minimum atomic E-state index is -3.18. The summed E-state index contributed by atoms with van der Waals surface area (Å²) in [6.07, 6.45) is 5.67. The molecule has 8 heteroatoms. The minimum absolute atomic E-state index is 0.00168. The van der Waals surface area contributed by atoms with E-state index in [9.17, 15) is 8.42 Å². The molecule has 36 heavy (non-hydrogen) atoms. The molecule has 1 saturated carbocycles. The van der Waals surface area contributed by atoms with Crippen LogP contribution < -0.4 is 4.90 Å². The fraction of sp³-hybridized carbons (Fsp3) is 0.607. The minimum Gasteiger partial charge on any atom is -0.353 e. The Morgan fingerprint density at radius 1 is 0.944 bits per heavy atom. The monoisotopic (exact) mass is 545 g/mol. The number of thiophene rings is 1. The van der Waals surface area contributed by atoms with Crippen molar-refractivity contribution in [2.75, 3.05) is 43.4 Å². The van der Waals surface area contributed by atoms with Crippen molar-refractivity contribution in [3.8, 4) is 0 Å². The fourth-order valence-electron chi connectivity index (χ4n) is 5.62.